The highest BCUT2D eigenvalue weighted by molar-refractivity contribution is 7.98. The van der Waals surface area contributed by atoms with Crippen LogP contribution in [0.4, 0.5) is 0 Å². The molecule has 3 aromatic carbocycles. The van der Waals surface area contributed by atoms with Crippen molar-refractivity contribution < 1.29 is 19.7 Å². The average molecular weight is 544 g/mol. The summed E-state index contributed by atoms with van der Waals surface area (Å²) < 4.78 is 7.50. The van der Waals surface area contributed by atoms with Crippen LogP contribution in [0.2, 0.25) is 0 Å². The molecule has 1 aliphatic heterocycles. The molecule has 0 radical (unpaired) electrons. The van der Waals surface area contributed by atoms with E-state index < -0.39 is 6.04 Å². The zero-order valence-corrected chi connectivity index (χ0v) is 22.7. The number of nitrogens with zero attached hydrogens (tertiary/aromatic N) is 4. The Balaban J connectivity index is 1.53. The number of ether oxygens (including phenoxy) is 1. The summed E-state index contributed by atoms with van der Waals surface area (Å²) in [5, 5.41) is 31.5. The van der Waals surface area contributed by atoms with Crippen molar-refractivity contribution in [3.8, 4) is 22.9 Å². The minimum absolute atomic E-state index is 0.0968. The van der Waals surface area contributed by atoms with Crippen LogP contribution >= 0.6 is 11.8 Å². The second kappa shape index (κ2) is 11.2. The maximum atomic E-state index is 12.6. The van der Waals surface area contributed by atoms with Crippen LogP contribution in [0.3, 0.4) is 0 Å². The maximum Gasteiger partial charge on any atom is 0.222 e. The van der Waals surface area contributed by atoms with Gasteiger partial charge in [-0.05, 0) is 50.2 Å². The van der Waals surface area contributed by atoms with Gasteiger partial charge in [-0.2, -0.15) is 0 Å². The third-order valence-electron chi connectivity index (χ3n) is 6.51. The van der Waals surface area contributed by atoms with Gasteiger partial charge in [0, 0.05) is 33.9 Å². The molecule has 0 saturated carbocycles. The second-order valence-corrected chi connectivity index (χ2v) is 10.1. The lowest BCUT2D eigenvalue weighted by Gasteiger charge is -2.14. The third kappa shape index (κ3) is 5.33. The lowest BCUT2D eigenvalue weighted by atomic mass is 10.00. The number of phenolic OH excluding ortho intramolecular Hbond substituents is 2. The largest absolute Gasteiger partial charge is 0.504 e. The minimum atomic E-state index is -0.533. The fourth-order valence-electron chi connectivity index (χ4n) is 4.58. The van der Waals surface area contributed by atoms with Crippen molar-refractivity contribution in [3.63, 3.8) is 0 Å². The fraction of sp³-hybridized carbons (Fsp3) is 0.241. The molecule has 2 heterocycles. The zero-order chi connectivity index (χ0) is 27.5. The topological polar surface area (TPSA) is 122 Å². The molecule has 4 aromatic rings. The molecule has 10 heteroatoms. The van der Waals surface area contributed by atoms with Gasteiger partial charge in [-0.3, -0.25) is 14.4 Å². The molecule has 9 nitrogen and oxygen atoms in total. The number of methoxy groups -OCH3 is 1. The number of amides is 1. The van der Waals surface area contributed by atoms with Crippen molar-refractivity contribution in [1.29, 1.82) is 0 Å². The molecule has 3 N–H and O–H groups in total. The summed E-state index contributed by atoms with van der Waals surface area (Å²) in [7, 11) is 1.62. The monoisotopic (exact) mass is 543 g/mol. The van der Waals surface area contributed by atoms with Crippen LogP contribution in [0.15, 0.2) is 70.6 Å². The molecule has 0 aliphatic carbocycles. The molecule has 0 saturated heterocycles. The van der Waals surface area contributed by atoms with Crippen LogP contribution in [-0.4, -0.2) is 50.3 Å². The van der Waals surface area contributed by atoms with E-state index in [4.69, 9.17) is 9.73 Å². The standard InChI is InChI=1S/C29H29N5O4S/c1-4-30-26(36)15-23-29-33-32-17(2)34(29)24-13-10-20(38-3)14-22(24)27(31-23)18-8-11-21(12-9-18)39-16-19-6-5-7-25(35)28(19)37/h5-14,23,35,37H,4,15-16H2,1-3H3,(H,30,36)/t23-/m0/s1. The summed E-state index contributed by atoms with van der Waals surface area (Å²) in [5.74, 6) is 2.17. The molecular formula is C29H29N5O4S. The highest BCUT2D eigenvalue weighted by atomic mass is 32.2. The number of aromatic nitrogens is 3. The van der Waals surface area contributed by atoms with E-state index in [0.29, 0.717) is 35.3 Å². The number of fused-ring (bicyclic) bond motifs is 3. The third-order valence-corrected chi connectivity index (χ3v) is 7.57. The molecule has 1 aromatic heterocycles. The van der Waals surface area contributed by atoms with Crippen LogP contribution in [0.5, 0.6) is 17.2 Å². The fourth-order valence-corrected chi connectivity index (χ4v) is 5.46. The number of para-hydroxylation sites is 1. The quantitative estimate of drug-likeness (QED) is 0.217. The Morgan fingerprint density at radius 3 is 2.64 bits per heavy atom. The summed E-state index contributed by atoms with van der Waals surface area (Å²) in [4.78, 5) is 18.7. The summed E-state index contributed by atoms with van der Waals surface area (Å²) in [6.07, 6.45) is 0.141. The number of thioether (sulfide) groups is 1. The number of hydrogen-bond donors (Lipinski definition) is 3. The summed E-state index contributed by atoms with van der Waals surface area (Å²) in [5.41, 5.74) is 3.98. The molecule has 0 fully saturated rings. The van der Waals surface area contributed by atoms with E-state index in [1.54, 1.807) is 31.0 Å². The minimum Gasteiger partial charge on any atom is -0.504 e. The van der Waals surface area contributed by atoms with Crippen molar-refractivity contribution in [2.75, 3.05) is 13.7 Å². The number of carbonyl (C=O) groups excluding carboxylic acids is 1. The molecule has 5 rings (SSSR count). The van der Waals surface area contributed by atoms with Crippen LogP contribution < -0.4 is 10.1 Å². The van der Waals surface area contributed by atoms with Gasteiger partial charge in [-0.1, -0.05) is 24.3 Å². The number of aromatic hydroxyl groups is 2. The van der Waals surface area contributed by atoms with Gasteiger partial charge in [0.15, 0.2) is 17.3 Å². The first-order valence-electron chi connectivity index (χ1n) is 12.6. The van der Waals surface area contributed by atoms with Gasteiger partial charge in [0.1, 0.15) is 17.6 Å². The highest BCUT2D eigenvalue weighted by Gasteiger charge is 2.30. The number of benzene rings is 3. The highest BCUT2D eigenvalue weighted by Crippen LogP contribution is 2.36. The normalized spacial score (nSPS) is 14.1. The molecular weight excluding hydrogens is 514 g/mol. The van der Waals surface area contributed by atoms with E-state index >= 15 is 0 Å². The molecule has 0 bridgehead atoms. The predicted molar refractivity (Wildman–Crippen MR) is 150 cm³/mol. The molecule has 0 spiro atoms. The van der Waals surface area contributed by atoms with Crippen LogP contribution in [-0.2, 0) is 10.5 Å². The first-order chi connectivity index (χ1) is 18.9. The van der Waals surface area contributed by atoms with Gasteiger partial charge >= 0.3 is 0 Å². The molecule has 1 amide bonds. The Labute approximate surface area is 230 Å². The van der Waals surface area contributed by atoms with E-state index in [2.05, 4.69) is 15.5 Å². The molecule has 1 atom stereocenters. The number of rotatable bonds is 8. The molecule has 39 heavy (non-hydrogen) atoms. The van der Waals surface area contributed by atoms with Crippen molar-refractivity contribution in [1.82, 2.24) is 20.1 Å². The number of nitrogens with one attached hydrogen (secondary N) is 1. The van der Waals surface area contributed by atoms with Crippen LogP contribution in [0.1, 0.15) is 47.7 Å². The summed E-state index contributed by atoms with van der Waals surface area (Å²) in [6, 6.07) is 18.2. The van der Waals surface area contributed by atoms with Gasteiger partial charge in [-0.25, -0.2) is 0 Å². The molecule has 1 aliphatic rings. The van der Waals surface area contributed by atoms with Crippen molar-refractivity contribution >= 4 is 23.4 Å². The van der Waals surface area contributed by atoms with Crippen molar-refractivity contribution in [2.24, 2.45) is 4.99 Å². The van der Waals surface area contributed by atoms with Crippen molar-refractivity contribution in [3.05, 3.63) is 89.0 Å². The Hall–Kier alpha value is -4.31. The van der Waals surface area contributed by atoms with Gasteiger partial charge in [0.05, 0.1) is 24.9 Å². The number of carbonyl (C=O) groups is 1. The average Bonchev–Trinajstić information content (AvgIpc) is 3.26. The van der Waals surface area contributed by atoms with E-state index in [1.807, 2.05) is 60.9 Å². The van der Waals surface area contributed by atoms with Gasteiger partial charge < -0.3 is 20.3 Å². The zero-order valence-electron chi connectivity index (χ0n) is 21.9. The van der Waals surface area contributed by atoms with Crippen molar-refractivity contribution in [2.45, 2.75) is 37.0 Å². The maximum absolute atomic E-state index is 12.6. The SMILES string of the molecule is CCNC(=O)C[C@@H]1N=C(c2ccc(SCc3cccc(O)c3O)cc2)c2cc(OC)ccc2-n2c(C)nnc21. The lowest BCUT2D eigenvalue weighted by Crippen LogP contribution is -2.25. The molecule has 0 unspecified atom stereocenters. The predicted octanol–water partition coefficient (Wildman–Crippen LogP) is 4.71. The number of aliphatic imine (C=N–C) groups is 1. The number of hydrogen-bond acceptors (Lipinski definition) is 8. The van der Waals surface area contributed by atoms with E-state index in [0.717, 1.165) is 27.4 Å². The first kappa shape index (κ1) is 26.3. The Kier molecular flexibility index (Phi) is 7.56. The van der Waals surface area contributed by atoms with Gasteiger partial charge in [0.2, 0.25) is 5.91 Å². The van der Waals surface area contributed by atoms with E-state index in [9.17, 15) is 15.0 Å². The Bertz CT molecular complexity index is 1550. The van der Waals surface area contributed by atoms with Crippen LogP contribution in [0.25, 0.3) is 5.69 Å². The van der Waals surface area contributed by atoms with Gasteiger partial charge in [-0.15, -0.1) is 22.0 Å². The smallest absolute Gasteiger partial charge is 0.222 e. The Morgan fingerprint density at radius 1 is 1.10 bits per heavy atom. The number of aryl methyl sites for hydroxylation is 1. The van der Waals surface area contributed by atoms with E-state index in [-0.39, 0.29) is 23.8 Å². The number of phenols is 2. The summed E-state index contributed by atoms with van der Waals surface area (Å²) >= 11 is 1.55. The molecule has 200 valence electrons. The van der Waals surface area contributed by atoms with Gasteiger partial charge in [0.25, 0.3) is 0 Å². The van der Waals surface area contributed by atoms with E-state index in [1.165, 1.54) is 6.07 Å². The lowest BCUT2D eigenvalue weighted by molar-refractivity contribution is -0.121. The summed E-state index contributed by atoms with van der Waals surface area (Å²) in [6.45, 7) is 4.30. The Morgan fingerprint density at radius 2 is 1.90 bits per heavy atom. The first-order valence-corrected chi connectivity index (χ1v) is 13.6. The van der Waals surface area contributed by atoms with Crippen LogP contribution in [0, 0.1) is 6.92 Å². The second-order valence-electron chi connectivity index (χ2n) is 9.07.